The quantitative estimate of drug-likeness (QED) is 0.246. The van der Waals surface area contributed by atoms with Crippen molar-refractivity contribution in [1.82, 2.24) is 0 Å². The van der Waals surface area contributed by atoms with Gasteiger partial charge in [0.15, 0.2) is 0 Å². The molecule has 0 bridgehead atoms. The summed E-state index contributed by atoms with van der Waals surface area (Å²) in [6.45, 7) is 2.79. The van der Waals surface area contributed by atoms with E-state index in [2.05, 4.69) is 4.18 Å². The molecule has 1 aromatic rings. The van der Waals surface area contributed by atoms with E-state index in [0.717, 1.165) is 24.3 Å². The largest absolute Gasteiger partial charge is 0.463 e. The molecule has 0 atom stereocenters. The lowest BCUT2D eigenvalue weighted by molar-refractivity contribution is -0.384. The van der Waals surface area contributed by atoms with Crippen LogP contribution < -0.4 is 0 Å². The van der Waals surface area contributed by atoms with Crippen LogP contribution in [0.2, 0.25) is 0 Å². The highest BCUT2D eigenvalue weighted by atomic mass is 32.2. The van der Waals surface area contributed by atoms with E-state index in [-0.39, 0.29) is 29.7 Å². The van der Waals surface area contributed by atoms with E-state index in [0.29, 0.717) is 0 Å². The zero-order chi connectivity index (χ0) is 16.0. The van der Waals surface area contributed by atoms with E-state index in [1.807, 2.05) is 0 Å². The highest BCUT2D eigenvalue weighted by Gasteiger charge is 2.17. The van der Waals surface area contributed by atoms with Crippen molar-refractivity contribution in [2.75, 3.05) is 13.2 Å². The molecule has 116 valence electrons. The summed E-state index contributed by atoms with van der Waals surface area (Å²) in [6.07, 6.45) is 0. The number of ether oxygens (including phenoxy) is 1. The summed E-state index contributed by atoms with van der Waals surface area (Å²) in [6, 6.07) is 4.28. The Morgan fingerprint density at radius 1 is 1.24 bits per heavy atom. The van der Waals surface area contributed by atoms with Gasteiger partial charge in [-0.05, 0) is 12.1 Å². The molecule has 1 aromatic carbocycles. The van der Waals surface area contributed by atoms with Crippen molar-refractivity contribution in [3.63, 3.8) is 0 Å². The van der Waals surface area contributed by atoms with Gasteiger partial charge in [0.25, 0.3) is 15.8 Å². The Bertz CT molecular complexity index is 607. The molecule has 0 spiro atoms. The molecule has 0 amide bonds. The fourth-order valence-corrected chi connectivity index (χ4v) is 2.15. The third-order valence-corrected chi connectivity index (χ3v) is 3.70. The Morgan fingerprint density at radius 3 is 2.29 bits per heavy atom. The number of hydrogen-bond acceptors (Lipinski definition) is 7. The van der Waals surface area contributed by atoms with Crippen molar-refractivity contribution < 1.29 is 27.1 Å². The SMILES string of the molecule is CC(C)C(=O)OCCOS(=O)(=O)c1ccc([N+](=O)[O-])cc1. The van der Waals surface area contributed by atoms with Crippen LogP contribution in [0.1, 0.15) is 13.8 Å². The van der Waals surface area contributed by atoms with Gasteiger partial charge in [-0.2, -0.15) is 8.42 Å². The molecule has 0 radical (unpaired) electrons. The zero-order valence-corrected chi connectivity index (χ0v) is 12.3. The summed E-state index contributed by atoms with van der Waals surface area (Å²) in [4.78, 5) is 20.8. The molecule has 0 saturated heterocycles. The summed E-state index contributed by atoms with van der Waals surface area (Å²) in [7, 11) is -4.03. The predicted molar refractivity (Wildman–Crippen MR) is 72.0 cm³/mol. The van der Waals surface area contributed by atoms with E-state index in [4.69, 9.17) is 4.74 Å². The van der Waals surface area contributed by atoms with Crippen LogP contribution in [0, 0.1) is 16.0 Å². The number of rotatable bonds is 7. The normalized spacial score (nSPS) is 11.4. The van der Waals surface area contributed by atoms with Crippen LogP contribution >= 0.6 is 0 Å². The van der Waals surface area contributed by atoms with Gasteiger partial charge in [0.2, 0.25) is 0 Å². The zero-order valence-electron chi connectivity index (χ0n) is 11.5. The van der Waals surface area contributed by atoms with Crippen molar-refractivity contribution in [2.45, 2.75) is 18.7 Å². The van der Waals surface area contributed by atoms with Crippen LogP contribution in [-0.4, -0.2) is 32.5 Å². The lowest BCUT2D eigenvalue weighted by Gasteiger charge is -2.08. The number of nitrogens with zero attached hydrogens (tertiary/aromatic N) is 1. The summed E-state index contributed by atoms with van der Waals surface area (Å²) >= 11 is 0. The topological polar surface area (TPSA) is 113 Å². The van der Waals surface area contributed by atoms with Crippen LogP contribution in [0.25, 0.3) is 0 Å². The van der Waals surface area contributed by atoms with E-state index in [9.17, 15) is 23.3 Å². The Kier molecular flexibility index (Phi) is 5.79. The van der Waals surface area contributed by atoms with Crippen molar-refractivity contribution in [1.29, 1.82) is 0 Å². The van der Waals surface area contributed by atoms with Crippen molar-refractivity contribution >= 4 is 21.8 Å². The Labute approximate surface area is 121 Å². The van der Waals surface area contributed by atoms with E-state index >= 15 is 0 Å². The van der Waals surface area contributed by atoms with Crippen molar-refractivity contribution in [2.24, 2.45) is 5.92 Å². The van der Waals surface area contributed by atoms with Gasteiger partial charge in [0, 0.05) is 12.1 Å². The second kappa shape index (κ2) is 7.14. The van der Waals surface area contributed by atoms with Gasteiger partial charge in [0.1, 0.15) is 13.2 Å². The smallest absolute Gasteiger partial charge is 0.308 e. The molecule has 9 heteroatoms. The monoisotopic (exact) mass is 317 g/mol. The number of nitro groups is 1. The molecule has 0 aromatic heterocycles. The van der Waals surface area contributed by atoms with Crippen LogP contribution in [0.5, 0.6) is 0 Å². The second-order valence-corrected chi connectivity index (χ2v) is 5.96. The van der Waals surface area contributed by atoms with Gasteiger partial charge >= 0.3 is 5.97 Å². The third kappa shape index (κ3) is 5.12. The molecule has 0 aliphatic rings. The second-order valence-electron chi connectivity index (χ2n) is 4.35. The number of carbonyl (C=O) groups is 1. The molecule has 8 nitrogen and oxygen atoms in total. The number of esters is 1. The summed E-state index contributed by atoms with van der Waals surface area (Å²) in [5, 5.41) is 10.5. The molecular weight excluding hydrogens is 302 g/mol. The van der Waals surface area contributed by atoms with Crippen LogP contribution in [0.3, 0.4) is 0 Å². The minimum atomic E-state index is -4.03. The van der Waals surface area contributed by atoms with Crippen LogP contribution in [0.15, 0.2) is 29.2 Å². The average Bonchev–Trinajstić information content (AvgIpc) is 2.43. The molecule has 0 heterocycles. The minimum Gasteiger partial charge on any atom is -0.463 e. The molecule has 0 aliphatic carbocycles. The predicted octanol–water partition coefficient (Wildman–Crippen LogP) is 1.50. The standard InChI is InChI=1S/C12H15NO7S/c1-9(2)12(14)19-7-8-20-21(17,18)11-5-3-10(4-6-11)13(15)16/h3-6,9H,7-8H2,1-2H3. The first-order valence-electron chi connectivity index (χ1n) is 6.04. The fourth-order valence-electron chi connectivity index (χ4n) is 1.26. The maximum atomic E-state index is 11.8. The van der Waals surface area contributed by atoms with E-state index < -0.39 is 21.0 Å². The number of nitro benzene ring substituents is 1. The van der Waals surface area contributed by atoms with E-state index in [1.165, 1.54) is 0 Å². The van der Waals surface area contributed by atoms with Gasteiger partial charge < -0.3 is 4.74 Å². The van der Waals surface area contributed by atoms with Gasteiger partial charge in [-0.25, -0.2) is 0 Å². The van der Waals surface area contributed by atoms with E-state index in [1.54, 1.807) is 13.8 Å². The molecular formula is C12H15NO7S. The first-order valence-corrected chi connectivity index (χ1v) is 7.45. The van der Waals surface area contributed by atoms with Crippen molar-refractivity contribution in [3.8, 4) is 0 Å². The van der Waals surface area contributed by atoms with Crippen molar-refractivity contribution in [3.05, 3.63) is 34.4 Å². The third-order valence-electron chi connectivity index (χ3n) is 2.37. The van der Waals surface area contributed by atoms with Gasteiger partial charge in [-0.3, -0.25) is 19.1 Å². The highest BCUT2D eigenvalue weighted by Crippen LogP contribution is 2.17. The maximum absolute atomic E-state index is 11.8. The Morgan fingerprint density at radius 2 is 1.81 bits per heavy atom. The summed E-state index contributed by atoms with van der Waals surface area (Å²) in [5.74, 6) is -0.761. The number of hydrogen-bond donors (Lipinski definition) is 0. The van der Waals surface area contributed by atoms with Gasteiger partial charge in [-0.1, -0.05) is 13.8 Å². The molecule has 0 fully saturated rings. The lowest BCUT2D eigenvalue weighted by atomic mass is 10.2. The number of benzene rings is 1. The average molecular weight is 317 g/mol. The van der Waals surface area contributed by atoms with Crippen LogP contribution in [-0.2, 0) is 23.8 Å². The Balaban J connectivity index is 2.57. The first-order chi connectivity index (χ1) is 9.74. The van der Waals surface area contributed by atoms with Gasteiger partial charge in [-0.15, -0.1) is 0 Å². The molecule has 0 N–H and O–H groups in total. The maximum Gasteiger partial charge on any atom is 0.308 e. The Hall–Kier alpha value is -2.00. The fraction of sp³-hybridized carbons (Fsp3) is 0.417. The molecule has 0 saturated carbocycles. The summed E-state index contributed by atoms with van der Waals surface area (Å²) in [5.41, 5.74) is -0.222. The van der Waals surface area contributed by atoms with Gasteiger partial charge in [0.05, 0.1) is 15.7 Å². The molecule has 1 rings (SSSR count). The first kappa shape index (κ1) is 17.1. The highest BCUT2D eigenvalue weighted by molar-refractivity contribution is 7.86. The summed E-state index contributed by atoms with van der Waals surface area (Å²) < 4.78 is 33.0. The lowest BCUT2D eigenvalue weighted by Crippen LogP contribution is -2.17. The van der Waals surface area contributed by atoms with Crippen LogP contribution in [0.4, 0.5) is 5.69 Å². The number of carbonyl (C=O) groups excluding carboxylic acids is 1. The molecule has 0 aliphatic heterocycles. The minimum absolute atomic E-state index is 0.191. The molecule has 21 heavy (non-hydrogen) atoms. The number of non-ortho nitro benzene ring substituents is 1. The molecule has 0 unspecified atom stereocenters.